The second-order valence-corrected chi connectivity index (χ2v) is 5.54. The van der Waals surface area contributed by atoms with Crippen molar-refractivity contribution in [2.45, 2.75) is 45.6 Å². The molecule has 1 rings (SSSR count). The molecule has 6 heteroatoms. The van der Waals surface area contributed by atoms with Crippen molar-refractivity contribution in [2.75, 3.05) is 33.4 Å². The zero-order valence-electron chi connectivity index (χ0n) is 13.4. The monoisotopic (exact) mass is 300 g/mol. The van der Waals surface area contributed by atoms with Crippen LogP contribution in [0.3, 0.4) is 0 Å². The Hall–Kier alpha value is -1.30. The quantitative estimate of drug-likeness (QED) is 0.726. The number of nitrogens with one attached hydrogen (secondary N) is 1. The van der Waals surface area contributed by atoms with Crippen molar-refractivity contribution in [3.8, 4) is 0 Å². The maximum atomic E-state index is 11.6. The molecule has 1 aliphatic heterocycles. The van der Waals surface area contributed by atoms with Crippen molar-refractivity contribution in [3.05, 3.63) is 0 Å². The number of amides is 1. The molecule has 1 heterocycles. The highest BCUT2D eigenvalue weighted by molar-refractivity contribution is 5.69. The first-order chi connectivity index (χ1) is 10.1. The molecule has 1 aliphatic rings. The van der Waals surface area contributed by atoms with Gasteiger partial charge in [0.15, 0.2) is 0 Å². The Morgan fingerprint density at radius 1 is 1.29 bits per heavy atom. The van der Waals surface area contributed by atoms with Gasteiger partial charge in [-0.05, 0) is 25.7 Å². The molecule has 21 heavy (non-hydrogen) atoms. The number of alkyl carbamates (subject to hydrolysis) is 1. The minimum atomic E-state index is -0.354. The lowest BCUT2D eigenvalue weighted by atomic mass is 9.90. The zero-order valence-corrected chi connectivity index (χ0v) is 13.4. The molecular weight excluding hydrogens is 272 g/mol. The lowest BCUT2D eigenvalue weighted by Gasteiger charge is -2.37. The van der Waals surface area contributed by atoms with Gasteiger partial charge in [0.05, 0.1) is 20.1 Å². The molecule has 0 aliphatic carbocycles. The third-order valence-corrected chi connectivity index (χ3v) is 3.77. The van der Waals surface area contributed by atoms with Crippen LogP contribution < -0.4 is 5.32 Å². The molecule has 122 valence electrons. The summed E-state index contributed by atoms with van der Waals surface area (Å²) in [5.41, 5.74) is 0. The summed E-state index contributed by atoms with van der Waals surface area (Å²) in [4.78, 5) is 25.1. The lowest BCUT2D eigenvalue weighted by Crippen LogP contribution is -2.51. The Labute approximate surface area is 127 Å². The molecule has 0 spiro atoms. The van der Waals surface area contributed by atoms with Crippen LogP contribution in [0.15, 0.2) is 0 Å². The van der Waals surface area contributed by atoms with E-state index in [1.54, 1.807) is 6.92 Å². The maximum Gasteiger partial charge on any atom is 0.407 e. The van der Waals surface area contributed by atoms with Crippen LogP contribution in [0.2, 0.25) is 0 Å². The number of hydrogen-bond donors (Lipinski definition) is 1. The van der Waals surface area contributed by atoms with Crippen molar-refractivity contribution in [2.24, 2.45) is 5.92 Å². The van der Waals surface area contributed by atoms with Gasteiger partial charge < -0.3 is 19.7 Å². The molecule has 2 atom stereocenters. The van der Waals surface area contributed by atoms with E-state index in [0.717, 1.165) is 32.4 Å². The summed E-state index contributed by atoms with van der Waals surface area (Å²) >= 11 is 0. The van der Waals surface area contributed by atoms with Gasteiger partial charge in [-0.1, -0.05) is 13.3 Å². The van der Waals surface area contributed by atoms with E-state index in [1.165, 1.54) is 7.11 Å². The predicted octanol–water partition coefficient (Wildman–Crippen LogP) is 1.79. The van der Waals surface area contributed by atoms with E-state index < -0.39 is 0 Å². The first kappa shape index (κ1) is 17.8. The number of ether oxygens (including phenoxy) is 2. The molecule has 6 nitrogen and oxygen atoms in total. The Kier molecular flexibility index (Phi) is 8.12. The summed E-state index contributed by atoms with van der Waals surface area (Å²) in [7, 11) is 1.41. The van der Waals surface area contributed by atoms with Crippen LogP contribution in [-0.2, 0) is 14.3 Å². The zero-order chi connectivity index (χ0) is 15.7. The van der Waals surface area contributed by atoms with E-state index in [0.29, 0.717) is 25.5 Å². The van der Waals surface area contributed by atoms with Gasteiger partial charge in [0.1, 0.15) is 0 Å². The van der Waals surface area contributed by atoms with Crippen LogP contribution in [0.25, 0.3) is 0 Å². The number of carbonyl (C=O) groups is 2. The Morgan fingerprint density at radius 2 is 2.05 bits per heavy atom. The summed E-state index contributed by atoms with van der Waals surface area (Å²) in [5, 5.41) is 2.92. The molecule has 0 aromatic rings. The first-order valence-corrected chi connectivity index (χ1v) is 7.81. The summed E-state index contributed by atoms with van der Waals surface area (Å²) in [6, 6.07) is 0.0898. The van der Waals surface area contributed by atoms with E-state index >= 15 is 0 Å². The lowest BCUT2D eigenvalue weighted by molar-refractivity contribution is -0.141. The molecule has 1 amide bonds. The highest BCUT2D eigenvalue weighted by Crippen LogP contribution is 2.21. The topological polar surface area (TPSA) is 67.9 Å². The number of hydrogen-bond acceptors (Lipinski definition) is 5. The van der Waals surface area contributed by atoms with Gasteiger partial charge in [-0.3, -0.25) is 4.79 Å². The minimum Gasteiger partial charge on any atom is -0.469 e. The third-order valence-electron chi connectivity index (χ3n) is 3.77. The summed E-state index contributed by atoms with van der Waals surface area (Å²) < 4.78 is 9.63. The molecule has 1 N–H and O–H groups in total. The van der Waals surface area contributed by atoms with Crippen molar-refractivity contribution < 1.29 is 19.1 Å². The van der Waals surface area contributed by atoms with Gasteiger partial charge in [-0.2, -0.15) is 0 Å². The van der Waals surface area contributed by atoms with E-state index in [2.05, 4.69) is 21.9 Å². The van der Waals surface area contributed by atoms with Crippen molar-refractivity contribution in [1.29, 1.82) is 0 Å². The molecule has 0 bridgehead atoms. The normalized spacial score (nSPS) is 22.6. The highest BCUT2D eigenvalue weighted by Gasteiger charge is 2.28. The maximum absolute atomic E-state index is 11.6. The third kappa shape index (κ3) is 6.80. The fourth-order valence-corrected chi connectivity index (χ4v) is 2.90. The molecule has 1 saturated heterocycles. The SMILES string of the molecule is CCCC1CC(NC(=O)OCC)CN(CCC(=O)OC)C1. The predicted molar refractivity (Wildman–Crippen MR) is 80.0 cm³/mol. The van der Waals surface area contributed by atoms with Gasteiger partial charge in [-0.15, -0.1) is 0 Å². The number of likely N-dealkylation sites (tertiary alicyclic amines) is 1. The van der Waals surface area contributed by atoms with Gasteiger partial charge in [0, 0.05) is 25.7 Å². The second-order valence-electron chi connectivity index (χ2n) is 5.54. The number of methoxy groups -OCH3 is 1. The highest BCUT2D eigenvalue weighted by atomic mass is 16.5. The van der Waals surface area contributed by atoms with Crippen molar-refractivity contribution >= 4 is 12.1 Å². The number of piperidine rings is 1. The molecule has 0 radical (unpaired) electrons. The summed E-state index contributed by atoms with van der Waals surface area (Å²) in [5.74, 6) is 0.357. The molecule has 0 aromatic heterocycles. The molecular formula is C15H28N2O4. The van der Waals surface area contributed by atoms with Crippen LogP contribution in [-0.4, -0.2) is 56.4 Å². The number of rotatable bonds is 7. The van der Waals surface area contributed by atoms with E-state index in [1.807, 2.05) is 0 Å². The van der Waals surface area contributed by atoms with Gasteiger partial charge in [-0.25, -0.2) is 4.79 Å². The van der Waals surface area contributed by atoms with Crippen LogP contribution >= 0.6 is 0 Å². The molecule has 2 unspecified atom stereocenters. The Bertz CT molecular complexity index is 336. The van der Waals surface area contributed by atoms with Crippen LogP contribution in [0.1, 0.15) is 39.5 Å². The Morgan fingerprint density at radius 3 is 2.67 bits per heavy atom. The van der Waals surface area contributed by atoms with Crippen LogP contribution in [0.5, 0.6) is 0 Å². The van der Waals surface area contributed by atoms with Gasteiger partial charge >= 0.3 is 12.1 Å². The number of nitrogens with zero attached hydrogens (tertiary/aromatic N) is 1. The Balaban J connectivity index is 2.50. The molecule has 0 aromatic carbocycles. The first-order valence-electron chi connectivity index (χ1n) is 7.81. The fourth-order valence-electron chi connectivity index (χ4n) is 2.90. The van der Waals surface area contributed by atoms with E-state index in [-0.39, 0.29) is 18.1 Å². The smallest absolute Gasteiger partial charge is 0.407 e. The average molecular weight is 300 g/mol. The van der Waals surface area contributed by atoms with Gasteiger partial charge in [0.2, 0.25) is 0 Å². The van der Waals surface area contributed by atoms with E-state index in [9.17, 15) is 9.59 Å². The standard InChI is InChI=1S/C15H28N2O4/c1-4-6-12-9-13(16-15(19)21-5-2)11-17(10-12)8-7-14(18)20-3/h12-13H,4-11H2,1-3H3,(H,16,19). The summed E-state index contributed by atoms with van der Waals surface area (Å²) in [6.45, 7) is 6.75. The van der Waals surface area contributed by atoms with E-state index in [4.69, 9.17) is 4.74 Å². The largest absolute Gasteiger partial charge is 0.469 e. The number of esters is 1. The van der Waals surface area contributed by atoms with Crippen molar-refractivity contribution in [1.82, 2.24) is 10.2 Å². The second kappa shape index (κ2) is 9.60. The molecule has 1 fully saturated rings. The van der Waals surface area contributed by atoms with Crippen molar-refractivity contribution in [3.63, 3.8) is 0 Å². The molecule has 0 saturated carbocycles. The van der Waals surface area contributed by atoms with Gasteiger partial charge in [0.25, 0.3) is 0 Å². The fraction of sp³-hybridized carbons (Fsp3) is 0.867. The van der Waals surface area contributed by atoms with Crippen LogP contribution in [0, 0.1) is 5.92 Å². The summed E-state index contributed by atoms with van der Waals surface area (Å²) in [6.07, 6.45) is 3.27. The minimum absolute atomic E-state index is 0.0898. The number of carbonyl (C=O) groups excluding carboxylic acids is 2. The van der Waals surface area contributed by atoms with Crippen LogP contribution in [0.4, 0.5) is 4.79 Å². The average Bonchev–Trinajstić information content (AvgIpc) is 2.45.